The predicted molar refractivity (Wildman–Crippen MR) is 98.1 cm³/mol. The Balaban J connectivity index is 0.00000109. The number of aliphatic hydroxyl groups is 1. The average molecular weight is 346 g/mol. The van der Waals surface area contributed by atoms with Gasteiger partial charge in [-0.15, -0.1) is 0 Å². The van der Waals surface area contributed by atoms with Gasteiger partial charge in [0.15, 0.2) is 23.0 Å². The van der Waals surface area contributed by atoms with Crippen LogP contribution in [0.3, 0.4) is 0 Å². The van der Waals surface area contributed by atoms with Crippen LogP contribution in [0.5, 0.6) is 23.0 Å². The van der Waals surface area contributed by atoms with Crippen LogP contribution in [0.1, 0.15) is 31.9 Å². The second-order valence-electron chi connectivity index (χ2n) is 5.58. The topological polar surface area (TPSA) is 57.2 Å². The minimum absolute atomic E-state index is 0.582. The van der Waals surface area contributed by atoms with Gasteiger partial charge in [-0.05, 0) is 53.4 Å². The standard InChI is InChI=1S/C18H20O5.C2H6/c1-18(19)12-8-16(22-4)14(20-2)6-10(12)11-7-15(21-3)17(23-5)9-13(11)18;1-2/h6-9,19H,1-5H3;1-2H3. The molecule has 5 nitrogen and oxygen atoms in total. The first kappa shape index (κ1) is 18.9. The Morgan fingerprint density at radius 3 is 1.20 bits per heavy atom. The molecule has 1 aliphatic carbocycles. The van der Waals surface area contributed by atoms with Crippen molar-refractivity contribution in [2.75, 3.05) is 28.4 Å². The quantitative estimate of drug-likeness (QED) is 0.907. The maximum Gasteiger partial charge on any atom is 0.161 e. The molecular formula is C20H26O5. The van der Waals surface area contributed by atoms with E-state index < -0.39 is 5.60 Å². The van der Waals surface area contributed by atoms with E-state index in [2.05, 4.69) is 0 Å². The number of methoxy groups -OCH3 is 4. The maximum atomic E-state index is 11.1. The van der Waals surface area contributed by atoms with Gasteiger partial charge >= 0.3 is 0 Å². The Morgan fingerprint density at radius 2 is 0.920 bits per heavy atom. The van der Waals surface area contributed by atoms with Crippen LogP contribution < -0.4 is 18.9 Å². The van der Waals surface area contributed by atoms with E-state index in [1.54, 1.807) is 35.4 Å². The first-order chi connectivity index (χ1) is 12.0. The Labute approximate surface area is 149 Å². The van der Waals surface area contributed by atoms with Crippen molar-refractivity contribution in [3.63, 3.8) is 0 Å². The molecule has 3 rings (SSSR count). The lowest BCUT2D eigenvalue weighted by Gasteiger charge is -2.21. The van der Waals surface area contributed by atoms with E-state index in [-0.39, 0.29) is 0 Å². The number of ether oxygens (including phenoxy) is 4. The van der Waals surface area contributed by atoms with E-state index in [1.807, 2.05) is 38.1 Å². The second-order valence-corrected chi connectivity index (χ2v) is 5.58. The molecule has 1 aliphatic rings. The van der Waals surface area contributed by atoms with Crippen LogP contribution in [0.15, 0.2) is 24.3 Å². The van der Waals surface area contributed by atoms with Gasteiger partial charge in [0.2, 0.25) is 0 Å². The van der Waals surface area contributed by atoms with Crippen molar-refractivity contribution in [3.05, 3.63) is 35.4 Å². The summed E-state index contributed by atoms with van der Waals surface area (Å²) in [5.41, 5.74) is 2.16. The van der Waals surface area contributed by atoms with Crippen molar-refractivity contribution in [1.29, 1.82) is 0 Å². The average Bonchev–Trinajstić information content (AvgIpc) is 2.87. The van der Waals surface area contributed by atoms with Gasteiger partial charge < -0.3 is 24.1 Å². The number of benzene rings is 2. The van der Waals surface area contributed by atoms with E-state index in [9.17, 15) is 5.11 Å². The predicted octanol–water partition coefficient (Wildman–Crippen LogP) is 3.98. The molecule has 0 heterocycles. The highest BCUT2D eigenvalue weighted by molar-refractivity contribution is 5.84. The van der Waals surface area contributed by atoms with Crippen LogP contribution in [0.25, 0.3) is 11.1 Å². The maximum absolute atomic E-state index is 11.1. The highest BCUT2D eigenvalue weighted by Gasteiger charge is 2.40. The fourth-order valence-electron chi connectivity index (χ4n) is 3.15. The molecule has 2 aromatic rings. The summed E-state index contributed by atoms with van der Waals surface area (Å²) in [6.45, 7) is 5.76. The molecule has 2 aromatic carbocycles. The van der Waals surface area contributed by atoms with Gasteiger partial charge in [0.1, 0.15) is 5.60 Å². The van der Waals surface area contributed by atoms with Crippen molar-refractivity contribution in [3.8, 4) is 34.1 Å². The zero-order valence-corrected chi connectivity index (χ0v) is 15.9. The van der Waals surface area contributed by atoms with Crippen molar-refractivity contribution in [2.45, 2.75) is 26.4 Å². The lowest BCUT2D eigenvalue weighted by molar-refractivity contribution is 0.107. The summed E-state index contributed by atoms with van der Waals surface area (Å²) in [5.74, 6) is 2.39. The third-order valence-corrected chi connectivity index (χ3v) is 4.39. The van der Waals surface area contributed by atoms with Crippen LogP contribution in [-0.4, -0.2) is 33.5 Å². The molecule has 25 heavy (non-hydrogen) atoms. The van der Waals surface area contributed by atoms with Crippen LogP contribution >= 0.6 is 0 Å². The Kier molecular flexibility index (Phi) is 5.48. The summed E-state index contributed by atoms with van der Waals surface area (Å²) < 4.78 is 21.5. The molecule has 0 saturated heterocycles. The SMILES string of the molecule is CC.COc1cc2c(cc1OC)C(C)(O)c1cc(OC)c(OC)cc1-2. The molecule has 0 aliphatic heterocycles. The summed E-state index contributed by atoms with van der Waals surface area (Å²) in [6, 6.07) is 7.38. The Hall–Kier alpha value is -2.40. The van der Waals surface area contributed by atoms with Crippen molar-refractivity contribution in [2.24, 2.45) is 0 Å². The molecule has 5 heteroatoms. The summed E-state index contributed by atoms with van der Waals surface area (Å²) in [6.07, 6.45) is 0. The van der Waals surface area contributed by atoms with E-state index in [0.29, 0.717) is 23.0 Å². The smallest absolute Gasteiger partial charge is 0.161 e. The van der Waals surface area contributed by atoms with Crippen molar-refractivity contribution >= 4 is 0 Å². The molecule has 0 fully saturated rings. The minimum Gasteiger partial charge on any atom is -0.493 e. The van der Waals surface area contributed by atoms with E-state index in [0.717, 1.165) is 22.3 Å². The van der Waals surface area contributed by atoms with Gasteiger partial charge in [-0.3, -0.25) is 0 Å². The van der Waals surface area contributed by atoms with Crippen LogP contribution in [0.4, 0.5) is 0 Å². The highest BCUT2D eigenvalue weighted by Crippen LogP contribution is 2.53. The Bertz CT molecular complexity index is 702. The zero-order chi connectivity index (χ0) is 18.8. The molecule has 0 atom stereocenters. The lowest BCUT2D eigenvalue weighted by atomic mass is 9.93. The van der Waals surface area contributed by atoms with Crippen molar-refractivity contribution in [1.82, 2.24) is 0 Å². The van der Waals surface area contributed by atoms with Crippen LogP contribution in [0.2, 0.25) is 0 Å². The van der Waals surface area contributed by atoms with E-state index in [1.165, 1.54) is 0 Å². The van der Waals surface area contributed by atoms with Gasteiger partial charge in [0, 0.05) is 0 Å². The Morgan fingerprint density at radius 1 is 0.640 bits per heavy atom. The molecule has 0 bridgehead atoms. The van der Waals surface area contributed by atoms with Crippen LogP contribution in [-0.2, 0) is 5.60 Å². The molecule has 0 unspecified atom stereocenters. The normalized spacial score (nSPS) is 13.1. The molecule has 1 N–H and O–H groups in total. The van der Waals surface area contributed by atoms with Crippen LogP contribution in [0, 0.1) is 0 Å². The second kappa shape index (κ2) is 7.23. The van der Waals surface area contributed by atoms with Gasteiger partial charge in [-0.1, -0.05) is 13.8 Å². The molecule has 0 radical (unpaired) electrons. The first-order valence-electron chi connectivity index (χ1n) is 8.23. The fraction of sp³-hybridized carbons (Fsp3) is 0.400. The minimum atomic E-state index is -1.15. The third-order valence-electron chi connectivity index (χ3n) is 4.39. The van der Waals surface area contributed by atoms with Gasteiger partial charge in [0.25, 0.3) is 0 Å². The first-order valence-corrected chi connectivity index (χ1v) is 8.23. The molecule has 136 valence electrons. The summed E-state index contributed by atoms with van der Waals surface area (Å²) in [4.78, 5) is 0. The largest absolute Gasteiger partial charge is 0.493 e. The monoisotopic (exact) mass is 346 g/mol. The van der Waals surface area contributed by atoms with Crippen molar-refractivity contribution < 1.29 is 24.1 Å². The number of hydrogen-bond donors (Lipinski definition) is 1. The molecule has 0 amide bonds. The van der Waals surface area contributed by atoms with Gasteiger partial charge in [0.05, 0.1) is 28.4 Å². The highest BCUT2D eigenvalue weighted by atomic mass is 16.5. The zero-order valence-electron chi connectivity index (χ0n) is 15.9. The molecule has 0 spiro atoms. The third kappa shape index (κ3) is 2.89. The lowest BCUT2D eigenvalue weighted by Crippen LogP contribution is -2.19. The number of rotatable bonds is 4. The molecule has 0 saturated carbocycles. The van der Waals surface area contributed by atoms with Gasteiger partial charge in [-0.2, -0.15) is 0 Å². The summed E-state index contributed by atoms with van der Waals surface area (Å²) in [7, 11) is 6.33. The summed E-state index contributed by atoms with van der Waals surface area (Å²) in [5, 5.41) is 11.1. The fourth-order valence-corrected chi connectivity index (χ4v) is 3.15. The van der Waals surface area contributed by atoms with E-state index >= 15 is 0 Å². The summed E-state index contributed by atoms with van der Waals surface area (Å²) >= 11 is 0. The van der Waals surface area contributed by atoms with Gasteiger partial charge in [-0.25, -0.2) is 0 Å². The molecular weight excluding hydrogens is 320 g/mol. The number of hydrogen-bond acceptors (Lipinski definition) is 5. The number of fused-ring (bicyclic) bond motifs is 3. The molecule has 0 aromatic heterocycles. The van der Waals surface area contributed by atoms with E-state index in [4.69, 9.17) is 18.9 Å².